The molecule has 0 aliphatic rings. The van der Waals surface area contributed by atoms with Crippen LogP contribution in [0, 0.1) is 0 Å². The molecule has 2 rings (SSSR count). The lowest BCUT2D eigenvalue weighted by molar-refractivity contribution is 0.0945. The van der Waals surface area contributed by atoms with E-state index in [0.29, 0.717) is 11.1 Å². The molecule has 0 heterocycles. The molecule has 0 aromatic heterocycles. The maximum absolute atomic E-state index is 13.0. The van der Waals surface area contributed by atoms with Gasteiger partial charge in [-0.3, -0.25) is 13.4 Å². The van der Waals surface area contributed by atoms with Gasteiger partial charge in [-0.1, -0.05) is 48.5 Å². The Morgan fingerprint density at radius 1 is 0.947 bits per heavy atom. The molecule has 2 nitrogen and oxygen atoms in total. The fourth-order valence-electron chi connectivity index (χ4n) is 1.77. The van der Waals surface area contributed by atoms with Crippen molar-refractivity contribution in [3.05, 3.63) is 71.8 Å². The van der Waals surface area contributed by atoms with Gasteiger partial charge in [0.05, 0.1) is 5.94 Å². The van der Waals surface area contributed by atoms with E-state index in [1.807, 2.05) is 0 Å². The Labute approximate surface area is 110 Å². The second-order valence-corrected chi connectivity index (χ2v) is 4.06. The third-order valence-corrected chi connectivity index (χ3v) is 2.73. The van der Waals surface area contributed by atoms with E-state index in [-0.39, 0.29) is 0 Å². The Balaban J connectivity index is 2.17. The fraction of sp³-hybridized carbons (Fsp3) is 0.0714. The SMILES string of the molecule is O=C(N[C@@H](B(F)F)c1ccccc1)c1ccccc1. The van der Waals surface area contributed by atoms with Gasteiger partial charge in [0.1, 0.15) is 0 Å². The van der Waals surface area contributed by atoms with E-state index in [1.165, 1.54) is 0 Å². The zero-order chi connectivity index (χ0) is 13.7. The van der Waals surface area contributed by atoms with Crippen molar-refractivity contribution in [1.82, 2.24) is 5.32 Å². The molecule has 0 saturated heterocycles. The Bertz CT molecular complexity index is 534. The van der Waals surface area contributed by atoms with Crippen LogP contribution in [-0.4, -0.2) is 13.2 Å². The minimum Gasteiger partial charge on any atom is -0.346 e. The Kier molecular flexibility index (Phi) is 4.28. The summed E-state index contributed by atoms with van der Waals surface area (Å²) in [5.41, 5.74) is 0.755. The molecule has 0 fully saturated rings. The number of halogens is 2. The van der Waals surface area contributed by atoms with E-state index >= 15 is 0 Å². The summed E-state index contributed by atoms with van der Waals surface area (Å²) in [6.07, 6.45) is 0. The number of nitrogens with one attached hydrogen (secondary N) is 1. The average molecular weight is 259 g/mol. The summed E-state index contributed by atoms with van der Waals surface area (Å²) in [6.45, 7) is 0. The molecule has 0 bridgehead atoms. The van der Waals surface area contributed by atoms with Crippen LogP contribution < -0.4 is 5.32 Å². The monoisotopic (exact) mass is 259 g/mol. The minimum absolute atomic E-state index is 0.365. The molecule has 19 heavy (non-hydrogen) atoms. The molecule has 2 aromatic carbocycles. The van der Waals surface area contributed by atoms with Gasteiger partial charge in [-0.25, -0.2) is 0 Å². The van der Waals surface area contributed by atoms with Crippen LogP contribution in [-0.2, 0) is 0 Å². The molecule has 2 aromatic rings. The van der Waals surface area contributed by atoms with E-state index in [2.05, 4.69) is 5.32 Å². The Hall–Kier alpha value is -2.17. The number of benzene rings is 2. The maximum atomic E-state index is 13.0. The third kappa shape index (κ3) is 3.41. The number of rotatable bonds is 4. The van der Waals surface area contributed by atoms with Crippen molar-refractivity contribution in [2.24, 2.45) is 0 Å². The smallest absolute Gasteiger partial charge is 0.346 e. The molecule has 1 atom stereocenters. The molecule has 0 saturated carbocycles. The molecule has 0 aliphatic heterocycles. The summed E-state index contributed by atoms with van der Waals surface area (Å²) < 4.78 is 26.1. The van der Waals surface area contributed by atoms with Gasteiger partial charge in [-0.2, -0.15) is 0 Å². The number of hydrogen-bond donors (Lipinski definition) is 1. The highest BCUT2D eigenvalue weighted by Crippen LogP contribution is 2.18. The largest absolute Gasteiger partial charge is 0.564 e. The van der Waals surface area contributed by atoms with Crippen molar-refractivity contribution in [2.75, 3.05) is 0 Å². The molecule has 1 N–H and O–H groups in total. The predicted molar refractivity (Wildman–Crippen MR) is 71.1 cm³/mol. The fourth-order valence-corrected chi connectivity index (χ4v) is 1.77. The topological polar surface area (TPSA) is 29.1 Å². The van der Waals surface area contributed by atoms with Crippen LogP contribution in [0.25, 0.3) is 0 Å². The maximum Gasteiger partial charge on any atom is 0.564 e. The van der Waals surface area contributed by atoms with Crippen LogP contribution in [0.2, 0.25) is 0 Å². The first-order valence-corrected chi connectivity index (χ1v) is 5.87. The first-order chi connectivity index (χ1) is 9.18. The minimum atomic E-state index is -2.66. The van der Waals surface area contributed by atoms with Crippen LogP contribution in [0.4, 0.5) is 8.63 Å². The number of carbonyl (C=O) groups excluding carboxylic acids is 1. The lowest BCUT2D eigenvalue weighted by Gasteiger charge is -2.16. The summed E-state index contributed by atoms with van der Waals surface area (Å²) in [6, 6.07) is 16.5. The van der Waals surface area contributed by atoms with E-state index in [1.54, 1.807) is 60.7 Å². The lowest BCUT2D eigenvalue weighted by Crippen LogP contribution is -2.35. The van der Waals surface area contributed by atoms with Crippen molar-refractivity contribution in [3.63, 3.8) is 0 Å². The van der Waals surface area contributed by atoms with Gasteiger partial charge in [0.15, 0.2) is 0 Å². The van der Waals surface area contributed by atoms with Crippen LogP contribution in [0.5, 0.6) is 0 Å². The third-order valence-electron chi connectivity index (χ3n) is 2.73. The van der Waals surface area contributed by atoms with Crippen LogP contribution in [0.1, 0.15) is 21.9 Å². The Morgan fingerprint density at radius 2 is 1.47 bits per heavy atom. The number of amides is 1. The standard InChI is InChI=1S/C14H12BF2NO/c16-15(17)13(11-7-3-1-4-8-11)18-14(19)12-9-5-2-6-10-12/h1-10,13H,(H,18,19)/t13-/m1/s1. The van der Waals surface area contributed by atoms with Crippen molar-refractivity contribution in [2.45, 2.75) is 5.94 Å². The van der Waals surface area contributed by atoms with E-state index in [9.17, 15) is 13.4 Å². The van der Waals surface area contributed by atoms with Gasteiger partial charge in [-0.05, 0) is 17.7 Å². The van der Waals surface area contributed by atoms with Crippen molar-refractivity contribution >= 4 is 13.2 Å². The van der Waals surface area contributed by atoms with Gasteiger partial charge in [-0.15, -0.1) is 0 Å². The van der Waals surface area contributed by atoms with E-state index < -0.39 is 19.1 Å². The molecular weight excluding hydrogens is 247 g/mol. The van der Waals surface area contributed by atoms with Crippen LogP contribution in [0.15, 0.2) is 60.7 Å². The second-order valence-electron chi connectivity index (χ2n) is 4.06. The Morgan fingerprint density at radius 3 is 2.00 bits per heavy atom. The summed E-state index contributed by atoms with van der Waals surface area (Å²) in [4.78, 5) is 11.9. The predicted octanol–water partition coefficient (Wildman–Crippen LogP) is 3.12. The van der Waals surface area contributed by atoms with Crippen molar-refractivity contribution < 1.29 is 13.4 Å². The highest BCUT2D eigenvalue weighted by molar-refractivity contribution is 6.45. The quantitative estimate of drug-likeness (QED) is 0.839. The second kappa shape index (κ2) is 6.13. The molecule has 0 aliphatic carbocycles. The van der Waals surface area contributed by atoms with Gasteiger partial charge < -0.3 is 5.32 Å². The molecule has 0 radical (unpaired) electrons. The van der Waals surface area contributed by atoms with Crippen molar-refractivity contribution in [1.29, 1.82) is 0 Å². The van der Waals surface area contributed by atoms with E-state index in [0.717, 1.165) is 0 Å². The molecule has 0 spiro atoms. The summed E-state index contributed by atoms with van der Waals surface area (Å²) in [5.74, 6) is -1.80. The highest BCUT2D eigenvalue weighted by Gasteiger charge is 2.30. The summed E-state index contributed by atoms with van der Waals surface area (Å²) >= 11 is 0. The van der Waals surface area contributed by atoms with Crippen LogP contribution in [0.3, 0.4) is 0 Å². The van der Waals surface area contributed by atoms with E-state index in [4.69, 9.17) is 0 Å². The normalized spacial score (nSPS) is 11.7. The average Bonchev–Trinajstić information content (AvgIpc) is 2.46. The lowest BCUT2D eigenvalue weighted by atomic mass is 9.80. The van der Waals surface area contributed by atoms with Crippen molar-refractivity contribution in [3.8, 4) is 0 Å². The molecule has 1 amide bonds. The zero-order valence-corrected chi connectivity index (χ0v) is 10.1. The summed E-state index contributed by atoms with van der Waals surface area (Å²) in [7, 11) is -2.66. The molecular formula is C14H12BF2NO. The molecule has 96 valence electrons. The van der Waals surface area contributed by atoms with Gasteiger partial charge >= 0.3 is 7.27 Å². The molecule has 0 unspecified atom stereocenters. The van der Waals surface area contributed by atoms with Gasteiger partial charge in [0.25, 0.3) is 5.91 Å². The number of hydrogen-bond acceptors (Lipinski definition) is 1. The summed E-state index contributed by atoms with van der Waals surface area (Å²) in [5, 5.41) is 2.36. The van der Waals surface area contributed by atoms with Gasteiger partial charge in [0, 0.05) is 5.56 Å². The van der Waals surface area contributed by atoms with Crippen LogP contribution >= 0.6 is 0 Å². The first-order valence-electron chi connectivity index (χ1n) is 5.87. The highest BCUT2D eigenvalue weighted by atomic mass is 19.2. The first kappa shape index (κ1) is 13.3. The molecule has 5 heteroatoms. The number of carbonyl (C=O) groups is 1. The zero-order valence-electron chi connectivity index (χ0n) is 10.1. The van der Waals surface area contributed by atoms with Gasteiger partial charge in [0.2, 0.25) is 0 Å².